The zero-order chi connectivity index (χ0) is 18.1. The van der Waals surface area contributed by atoms with Crippen LogP contribution in [0.3, 0.4) is 0 Å². The van der Waals surface area contributed by atoms with Crippen LogP contribution in [0.4, 0.5) is 5.82 Å². The third-order valence-electron chi connectivity index (χ3n) is 4.88. The SMILES string of the molecule is CN1CCC(C(=O)Nc2n[nH]c3nc(-c4ccccc4)c(Br)cc23)CC1. The van der Waals surface area contributed by atoms with Gasteiger partial charge < -0.3 is 10.2 Å². The Morgan fingerprint density at radius 1 is 1.27 bits per heavy atom. The van der Waals surface area contributed by atoms with Crippen molar-refractivity contribution in [2.45, 2.75) is 12.8 Å². The van der Waals surface area contributed by atoms with Gasteiger partial charge in [-0.15, -0.1) is 0 Å². The van der Waals surface area contributed by atoms with Crippen molar-refractivity contribution in [1.29, 1.82) is 0 Å². The molecule has 0 saturated carbocycles. The zero-order valence-corrected chi connectivity index (χ0v) is 16.1. The summed E-state index contributed by atoms with van der Waals surface area (Å²) in [7, 11) is 2.09. The fourth-order valence-electron chi connectivity index (χ4n) is 3.31. The molecule has 26 heavy (non-hydrogen) atoms. The number of anilines is 1. The molecule has 1 aliphatic rings. The Morgan fingerprint density at radius 3 is 2.73 bits per heavy atom. The minimum absolute atomic E-state index is 0.0368. The largest absolute Gasteiger partial charge is 0.308 e. The van der Waals surface area contributed by atoms with E-state index >= 15 is 0 Å². The van der Waals surface area contributed by atoms with Crippen molar-refractivity contribution in [3.8, 4) is 11.3 Å². The van der Waals surface area contributed by atoms with Crippen LogP contribution in [0.2, 0.25) is 0 Å². The first-order valence-corrected chi connectivity index (χ1v) is 9.50. The first-order valence-electron chi connectivity index (χ1n) is 8.71. The standard InChI is InChI=1S/C19H20BrN5O/c1-25-9-7-13(8-10-25)19(26)22-18-14-11-15(20)16(21-17(14)23-24-18)12-5-3-2-4-6-12/h2-6,11,13H,7-10H2,1H3,(H2,21,22,23,24,26). The molecule has 0 atom stereocenters. The molecule has 0 aliphatic carbocycles. The normalized spacial score (nSPS) is 16.1. The van der Waals surface area contributed by atoms with Crippen LogP contribution in [0.1, 0.15) is 12.8 Å². The molecule has 0 radical (unpaired) electrons. The molecule has 2 N–H and O–H groups in total. The number of halogens is 1. The molecule has 6 nitrogen and oxygen atoms in total. The van der Waals surface area contributed by atoms with E-state index in [-0.39, 0.29) is 11.8 Å². The molecule has 1 aromatic carbocycles. The van der Waals surface area contributed by atoms with E-state index in [1.165, 1.54) is 0 Å². The van der Waals surface area contributed by atoms with Crippen molar-refractivity contribution >= 4 is 38.7 Å². The number of hydrogen-bond donors (Lipinski definition) is 2. The Kier molecular flexibility index (Phi) is 4.74. The van der Waals surface area contributed by atoms with Gasteiger partial charge in [-0.2, -0.15) is 5.10 Å². The van der Waals surface area contributed by atoms with Crippen molar-refractivity contribution in [1.82, 2.24) is 20.1 Å². The maximum atomic E-state index is 12.6. The second-order valence-electron chi connectivity index (χ2n) is 6.72. The molecular formula is C19H20BrN5O. The fraction of sp³-hybridized carbons (Fsp3) is 0.316. The van der Waals surface area contributed by atoms with Crippen molar-refractivity contribution in [2.24, 2.45) is 5.92 Å². The summed E-state index contributed by atoms with van der Waals surface area (Å²) in [4.78, 5) is 19.5. The topological polar surface area (TPSA) is 73.9 Å². The predicted octanol–water partition coefficient (Wildman–Crippen LogP) is 3.67. The minimum atomic E-state index is 0.0368. The summed E-state index contributed by atoms with van der Waals surface area (Å²) >= 11 is 3.60. The lowest BCUT2D eigenvalue weighted by atomic mass is 9.96. The van der Waals surface area contributed by atoms with Crippen molar-refractivity contribution < 1.29 is 4.79 Å². The van der Waals surface area contributed by atoms with Gasteiger partial charge in [-0.25, -0.2) is 4.98 Å². The molecule has 1 aliphatic heterocycles. The van der Waals surface area contributed by atoms with Crippen molar-refractivity contribution in [3.05, 3.63) is 40.9 Å². The molecule has 7 heteroatoms. The molecule has 0 bridgehead atoms. The first-order chi connectivity index (χ1) is 12.6. The average molecular weight is 414 g/mol. The second-order valence-corrected chi connectivity index (χ2v) is 7.57. The molecule has 3 heterocycles. The lowest BCUT2D eigenvalue weighted by Crippen LogP contribution is -2.36. The number of H-pyrrole nitrogens is 1. The van der Waals surface area contributed by atoms with Crippen molar-refractivity contribution in [3.63, 3.8) is 0 Å². The highest BCUT2D eigenvalue weighted by atomic mass is 79.9. The van der Waals surface area contributed by atoms with E-state index < -0.39 is 0 Å². The van der Waals surface area contributed by atoms with Crippen LogP contribution in [0, 0.1) is 5.92 Å². The number of pyridine rings is 1. The summed E-state index contributed by atoms with van der Waals surface area (Å²) < 4.78 is 0.868. The van der Waals surface area contributed by atoms with Crippen LogP contribution in [0.5, 0.6) is 0 Å². The second kappa shape index (κ2) is 7.17. The molecule has 1 fully saturated rings. The number of likely N-dealkylation sites (tertiary alicyclic amines) is 1. The lowest BCUT2D eigenvalue weighted by molar-refractivity contribution is -0.121. The minimum Gasteiger partial charge on any atom is -0.308 e. The van der Waals surface area contributed by atoms with Gasteiger partial charge in [0.05, 0.1) is 11.1 Å². The van der Waals surface area contributed by atoms with E-state index in [9.17, 15) is 4.79 Å². The number of carbonyl (C=O) groups excluding carboxylic acids is 1. The molecule has 2 aromatic heterocycles. The molecule has 4 rings (SSSR count). The molecule has 1 amide bonds. The van der Waals surface area contributed by atoms with E-state index in [0.29, 0.717) is 11.5 Å². The molecule has 0 spiro atoms. The summed E-state index contributed by atoms with van der Waals surface area (Å²) in [5, 5.41) is 11.0. The third-order valence-corrected chi connectivity index (χ3v) is 5.49. The number of aromatic amines is 1. The van der Waals surface area contributed by atoms with Gasteiger partial charge in [-0.3, -0.25) is 9.89 Å². The highest BCUT2D eigenvalue weighted by Crippen LogP contribution is 2.31. The Hall–Kier alpha value is -2.25. The maximum Gasteiger partial charge on any atom is 0.228 e. The Balaban J connectivity index is 1.59. The average Bonchev–Trinajstić information content (AvgIpc) is 3.04. The summed E-state index contributed by atoms with van der Waals surface area (Å²) in [5.74, 6) is 0.615. The summed E-state index contributed by atoms with van der Waals surface area (Å²) in [6.07, 6.45) is 1.76. The van der Waals surface area contributed by atoms with E-state index in [0.717, 1.165) is 47.0 Å². The highest BCUT2D eigenvalue weighted by Gasteiger charge is 2.24. The van der Waals surface area contributed by atoms with Gasteiger partial charge in [-0.1, -0.05) is 30.3 Å². The van der Waals surface area contributed by atoms with Crippen LogP contribution in [-0.4, -0.2) is 46.1 Å². The van der Waals surface area contributed by atoms with Crippen LogP contribution in [0.15, 0.2) is 40.9 Å². The number of nitrogens with zero attached hydrogens (tertiary/aromatic N) is 3. The van der Waals surface area contributed by atoms with Crippen LogP contribution in [0.25, 0.3) is 22.3 Å². The Morgan fingerprint density at radius 2 is 2.00 bits per heavy atom. The van der Waals surface area contributed by atoms with E-state index in [1.807, 2.05) is 36.4 Å². The number of fused-ring (bicyclic) bond motifs is 1. The number of piperidine rings is 1. The number of aromatic nitrogens is 3. The van der Waals surface area contributed by atoms with Gasteiger partial charge in [0.15, 0.2) is 11.5 Å². The van der Waals surface area contributed by atoms with Gasteiger partial charge in [0.2, 0.25) is 5.91 Å². The molecule has 134 valence electrons. The van der Waals surface area contributed by atoms with Crippen LogP contribution >= 0.6 is 15.9 Å². The molecule has 0 unspecified atom stereocenters. The highest BCUT2D eigenvalue weighted by molar-refractivity contribution is 9.10. The monoisotopic (exact) mass is 413 g/mol. The predicted molar refractivity (Wildman–Crippen MR) is 106 cm³/mol. The molecule has 3 aromatic rings. The van der Waals surface area contributed by atoms with E-state index in [1.54, 1.807) is 0 Å². The van der Waals surface area contributed by atoms with Gasteiger partial charge in [0, 0.05) is 16.0 Å². The number of carbonyl (C=O) groups is 1. The van der Waals surface area contributed by atoms with Gasteiger partial charge >= 0.3 is 0 Å². The van der Waals surface area contributed by atoms with Crippen LogP contribution in [-0.2, 0) is 4.79 Å². The van der Waals surface area contributed by atoms with Gasteiger partial charge in [0.25, 0.3) is 0 Å². The number of benzene rings is 1. The maximum absolute atomic E-state index is 12.6. The first kappa shape index (κ1) is 17.2. The molecule has 1 saturated heterocycles. The summed E-state index contributed by atoms with van der Waals surface area (Å²) in [5.41, 5.74) is 2.52. The van der Waals surface area contributed by atoms with Gasteiger partial charge in [-0.05, 0) is 55.0 Å². The smallest absolute Gasteiger partial charge is 0.228 e. The van der Waals surface area contributed by atoms with Gasteiger partial charge in [0.1, 0.15) is 0 Å². The third kappa shape index (κ3) is 3.37. The molecular weight excluding hydrogens is 394 g/mol. The summed E-state index contributed by atoms with van der Waals surface area (Å²) in [6.45, 7) is 1.90. The van der Waals surface area contributed by atoms with E-state index in [2.05, 4.69) is 48.4 Å². The fourth-order valence-corrected chi connectivity index (χ4v) is 3.85. The van der Waals surface area contributed by atoms with Crippen molar-refractivity contribution in [2.75, 3.05) is 25.5 Å². The van der Waals surface area contributed by atoms with Crippen LogP contribution < -0.4 is 5.32 Å². The Bertz CT molecular complexity index is 932. The zero-order valence-electron chi connectivity index (χ0n) is 14.5. The number of nitrogens with one attached hydrogen (secondary N) is 2. The summed E-state index contributed by atoms with van der Waals surface area (Å²) in [6, 6.07) is 11.9. The quantitative estimate of drug-likeness (QED) is 0.686. The van der Waals surface area contributed by atoms with E-state index in [4.69, 9.17) is 0 Å². The number of amides is 1. The lowest BCUT2D eigenvalue weighted by Gasteiger charge is -2.27. The number of rotatable bonds is 3. The number of hydrogen-bond acceptors (Lipinski definition) is 4. The Labute approximate surface area is 160 Å².